The van der Waals surface area contributed by atoms with Gasteiger partial charge in [-0.15, -0.1) is 0 Å². The van der Waals surface area contributed by atoms with Crippen LogP contribution in [-0.2, 0) is 13.6 Å². The maximum absolute atomic E-state index is 9.66. The van der Waals surface area contributed by atoms with E-state index in [1.165, 1.54) is 0 Å². The van der Waals surface area contributed by atoms with Gasteiger partial charge in [-0.25, -0.2) is 4.98 Å². The Morgan fingerprint density at radius 1 is 1.64 bits per heavy atom. The molecule has 5 nitrogen and oxygen atoms in total. The van der Waals surface area contributed by atoms with E-state index in [1.807, 2.05) is 14.0 Å². The monoisotopic (exact) mass is 198 g/mol. The van der Waals surface area contributed by atoms with E-state index in [9.17, 15) is 5.11 Å². The van der Waals surface area contributed by atoms with Crippen molar-refractivity contribution in [3.8, 4) is 0 Å². The molecule has 5 heteroatoms. The van der Waals surface area contributed by atoms with Crippen molar-refractivity contribution in [3.63, 3.8) is 0 Å². The number of aliphatic hydroxyl groups is 1. The van der Waals surface area contributed by atoms with Crippen LogP contribution in [0.2, 0.25) is 0 Å². The molecule has 0 aromatic carbocycles. The lowest BCUT2D eigenvalue weighted by Gasteiger charge is -2.26. The number of nitrogens with one attached hydrogen (secondary N) is 1. The molecule has 0 fully saturated rings. The maximum Gasteiger partial charge on any atom is 0.164 e. The summed E-state index contributed by atoms with van der Waals surface area (Å²) in [5.74, 6) is 0.739. The molecule has 0 spiro atoms. The highest BCUT2D eigenvalue weighted by atomic mass is 16.3. The quantitative estimate of drug-likeness (QED) is 0.718. The number of hydrogen-bond acceptors (Lipinski definition) is 4. The standard InChI is InChI=1S/C9H18N4O/c1-7(9(2,3)14)10-5-8-11-6-13(4)12-8/h6-7,10,14H,5H2,1-4H3. The van der Waals surface area contributed by atoms with Gasteiger partial charge >= 0.3 is 0 Å². The number of aryl methyl sites for hydroxylation is 1. The lowest BCUT2D eigenvalue weighted by molar-refractivity contribution is 0.0435. The van der Waals surface area contributed by atoms with Gasteiger partial charge < -0.3 is 10.4 Å². The molecule has 0 amide bonds. The van der Waals surface area contributed by atoms with Gasteiger partial charge in [-0.2, -0.15) is 5.10 Å². The van der Waals surface area contributed by atoms with Crippen molar-refractivity contribution < 1.29 is 5.11 Å². The zero-order valence-corrected chi connectivity index (χ0v) is 9.15. The summed E-state index contributed by atoms with van der Waals surface area (Å²) in [6.07, 6.45) is 1.66. The molecule has 0 aliphatic heterocycles. The van der Waals surface area contributed by atoms with Crippen LogP contribution in [0.25, 0.3) is 0 Å². The molecule has 1 atom stereocenters. The highest BCUT2D eigenvalue weighted by molar-refractivity contribution is 4.85. The van der Waals surface area contributed by atoms with Gasteiger partial charge in [-0.1, -0.05) is 0 Å². The van der Waals surface area contributed by atoms with E-state index in [0.717, 1.165) is 5.82 Å². The second-order valence-corrected chi connectivity index (χ2v) is 4.09. The van der Waals surface area contributed by atoms with Crippen molar-refractivity contribution in [1.82, 2.24) is 20.1 Å². The van der Waals surface area contributed by atoms with Crippen LogP contribution in [0.1, 0.15) is 26.6 Å². The molecular formula is C9H18N4O. The first-order chi connectivity index (χ1) is 6.39. The van der Waals surface area contributed by atoms with E-state index in [0.29, 0.717) is 6.54 Å². The maximum atomic E-state index is 9.66. The van der Waals surface area contributed by atoms with Gasteiger partial charge in [0.15, 0.2) is 5.82 Å². The molecule has 1 aromatic heterocycles. The fourth-order valence-corrected chi connectivity index (χ4v) is 0.959. The van der Waals surface area contributed by atoms with Crippen molar-refractivity contribution in [2.75, 3.05) is 0 Å². The molecule has 1 rings (SSSR count). The van der Waals surface area contributed by atoms with E-state index in [2.05, 4.69) is 15.4 Å². The average molecular weight is 198 g/mol. The summed E-state index contributed by atoms with van der Waals surface area (Å²) >= 11 is 0. The second kappa shape index (κ2) is 4.06. The third-order valence-corrected chi connectivity index (χ3v) is 2.27. The minimum absolute atomic E-state index is 0.00584. The van der Waals surface area contributed by atoms with Gasteiger partial charge in [-0.05, 0) is 20.8 Å². The molecule has 1 aromatic rings. The van der Waals surface area contributed by atoms with Crippen LogP contribution in [0.15, 0.2) is 6.33 Å². The molecule has 80 valence electrons. The molecule has 0 saturated heterocycles. The summed E-state index contributed by atoms with van der Waals surface area (Å²) in [7, 11) is 1.83. The molecule has 0 bridgehead atoms. The Hall–Kier alpha value is -0.940. The Morgan fingerprint density at radius 3 is 2.71 bits per heavy atom. The fraction of sp³-hybridized carbons (Fsp3) is 0.778. The minimum Gasteiger partial charge on any atom is -0.389 e. The van der Waals surface area contributed by atoms with Gasteiger partial charge in [0.25, 0.3) is 0 Å². The first kappa shape index (κ1) is 11.1. The van der Waals surface area contributed by atoms with Gasteiger partial charge in [-0.3, -0.25) is 4.68 Å². The normalized spacial score (nSPS) is 14.4. The Bertz CT molecular complexity index is 289. The van der Waals surface area contributed by atoms with Crippen LogP contribution in [0.5, 0.6) is 0 Å². The van der Waals surface area contributed by atoms with Crippen molar-refractivity contribution >= 4 is 0 Å². The number of rotatable bonds is 4. The summed E-state index contributed by atoms with van der Waals surface area (Å²) in [5.41, 5.74) is -0.727. The van der Waals surface area contributed by atoms with E-state index in [1.54, 1.807) is 24.9 Å². The Kier molecular flexibility index (Phi) is 3.23. The third-order valence-electron chi connectivity index (χ3n) is 2.27. The van der Waals surface area contributed by atoms with Gasteiger partial charge in [0.2, 0.25) is 0 Å². The summed E-state index contributed by atoms with van der Waals surface area (Å²) in [4.78, 5) is 4.08. The topological polar surface area (TPSA) is 63.0 Å². The first-order valence-electron chi connectivity index (χ1n) is 4.70. The summed E-state index contributed by atoms with van der Waals surface area (Å²) in [5, 5.41) is 17.0. The second-order valence-electron chi connectivity index (χ2n) is 4.09. The van der Waals surface area contributed by atoms with Gasteiger partial charge in [0, 0.05) is 13.1 Å². The largest absolute Gasteiger partial charge is 0.389 e. The molecular weight excluding hydrogens is 180 g/mol. The molecule has 0 aliphatic carbocycles. The van der Waals surface area contributed by atoms with Crippen LogP contribution < -0.4 is 5.32 Å². The summed E-state index contributed by atoms with van der Waals surface area (Å²) in [6.45, 7) is 6.06. The van der Waals surface area contributed by atoms with E-state index in [4.69, 9.17) is 0 Å². The van der Waals surface area contributed by atoms with Crippen LogP contribution in [0.3, 0.4) is 0 Å². The molecule has 14 heavy (non-hydrogen) atoms. The highest BCUT2D eigenvalue weighted by Gasteiger charge is 2.21. The highest BCUT2D eigenvalue weighted by Crippen LogP contribution is 2.07. The Morgan fingerprint density at radius 2 is 2.29 bits per heavy atom. The molecule has 1 heterocycles. The van der Waals surface area contributed by atoms with E-state index in [-0.39, 0.29) is 6.04 Å². The average Bonchev–Trinajstić information content (AvgIpc) is 2.45. The minimum atomic E-state index is -0.727. The van der Waals surface area contributed by atoms with Crippen molar-refractivity contribution in [3.05, 3.63) is 12.2 Å². The van der Waals surface area contributed by atoms with Crippen LogP contribution in [0, 0.1) is 0 Å². The van der Waals surface area contributed by atoms with Crippen molar-refractivity contribution in [2.24, 2.45) is 7.05 Å². The van der Waals surface area contributed by atoms with Crippen molar-refractivity contribution in [1.29, 1.82) is 0 Å². The molecule has 2 N–H and O–H groups in total. The van der Waals surface area contributed by atoms with Gasteiger partial charge in [0.05, 0.1) is 12.1 Å². The fourth-order valence-electron chi connectivity index (χ4n) is 0.959. The summed E-state index contributed by atoms with van der Waals surface area (Å²) in [6, 6.07) is 0.00584. The predicted molar refractivity (Wildman–Crippen MR) is 53.6 cm³/mol. The molecule has 0 aliphatic rings. The van der Waals surface area contributed by atoms with Crippen LogP contribution in [0.4, 0.5) is 0 Å². The Balaban J connectivity index is 2.41. The van der Waals surface area contributed by atoms with E-state index >= 15 is 0 Å². The SMILES string of the molecule is CC(NCc1ncn(C)n1)C(C)(C)O. The predicted octanol–water partition coefficient (Wildman–Crippen LogP) is 0.0641. The lowest BCUT2D eigenvalue weighted by atomic mass is 10.0. The lowest BCUT2D eigenvalue weighted by Crippen LogP contribution is -2.44. The molecule has 0 saturated carbocycles. The smallest absolute Gasteiger partial charge is 0.164 e. The third kappa shape index (κ3) is 3.08. The summed E-state index contributed by atoms with van der Waals surface area (Å²) < 4.78 is 1.66. The number of aromatic nitrogens is 3. The number of nitrogens with zero attached hydrogens (tertiary/aromatic N) is 3. The number of hydrogen-bond donors (Lipinski definition) is 2. The van der Waals surface area contributed by atoms with Crippen LogP contribution in [-0.4, -0.2) is 31.5 Å². The van der Waals surface area contributed by atoms with Crippen LogP contribution >= 0.6 is 0 Å². The molecule has 0 radical (unpaired) electrons. The Labute approximate surface area is 84.2 Å². The first-order valence-corrected chi connectivity index (χ1v) is 4.70. The zero-order chi connectivity index (χ0) is 10.8. The zero-order valence-electron chi connectivity index (χ0n) is 9.15. The van der Waals surface area contributed by atoms with Gasteiger partial charge in [0.1, 0.15) is 6.33 Å². The molecule has 1 unspecified atom stereocenters. The van der Waals surface area contributed by atoms with Crippen molar-refractivity contribution in [2.45, 2.75) is 39.0 Å². The van der Waals surface area contributed by atoms with E-state index < -0.39 is 5.60 Å².